The van der Waals surface area contributed by atoms with E-state index in [4.69, 9.17) is 14.5 Å². The smallest absolute Gasteiger partial charge is 0.254 e. The minimum atomic E-state index is 0.0479. The Hall–Kier alpha value is -2.34. The summed E-state index contributed by atoms with van der Waals surface area (Å²) in [6.07, 6.45) is 4.13. The monoisotopic (exact) mass is 369 g/mol. The summed E-state index contributed by atoms with van der Waals surface area (Å²) in [5, 5.41) is 0. The second kappa shape index (κ2) is 7.72. The number of nitrogens with one attached hydrogen (secondary N) is 1. The molecule has 2 aliphatic rings. The molecule has 27 heavy (non-hydrogen) atoms. The molecule has 1 saturated carbocycles. The maximum Gasteiger partial charge on any atom is 0.254 e. The van der Waals surface area contributed by atoms with Crippen LogP contribution in [0.1, 0.15) is 42.4 Å². The van der Waals surface area contributed by atoms with Gasteiger partial charge >= 0.3 is 0 Å². The van der Waals surface area contributed by atoms with Crippen LogP contribution in [-0.2, 0) is 25.9 Å². The molecule has 1 aromatic heterocycles. The summed E-state index contributed by atoms with van der Waals surface area (Å²) in [5.74, 6) is 3.12. The van der Waals surface area contributed by atoms with E-state index in [1.54, 1.807) is 7.11 Å². The van der Waals surface area contributed by atoms with E-state index in [9.17, 15) is 4.79 Å². The first kappa shape index (κ1) is 18.0. The van der Waals surface area contributed by atoms with Gasteiger partial charge in [-0.2, -0.15) is 0 Å². The number of nitrogens with zero attached hydrogens (tertiary/aromatic N) is 2. The largest absolute Gasteiger partial charge is 0.493 e. The lowest BCUT2D eigenvalue weighted by molar-refractivity contribution is 0.232. The molecule has 0 saturated heterocycles. The molecule has 1 aromatic carbocycles. The topological polar surface area (TPSA) is 67.5 Å². The predicted octanol–water partition coefficient (Wildman–Crippen LogP) is 2.69. The van der Waals surface area contributed by atoms with Crippen molar-refractivity contribution in [2.45, 2.75) is 45.7 Å². The number of benzene rings is 1. The predicted molar refractivity (Wildman–Crippen MR) is 103 cm³/mol. The molecule has 0 spiro atoms. The molecule has 1 aliphatic carbocycles. The molecule has 0 unspecified atom stereocenters. The number of aromatic nitrogens is 2. The average Bonchev–Trinajstić information content (AvgIpc) is 3.47. The van der Waals surface area contributed by atoms with Crippen molar-refractivity contribution in [3.8, 4) is 11.5 Å². The minimum absolute atomic E-state index is 0.0479. The van der Waals surface area contributed by atoms with Crippen molar-refractivity contribution < 1.29 is 9.47 Å². The highest BCUT2D eigenvalue weighted by molar-refractivity contribution is 5.46. The van der Waals surface area contributed by atoms with Crippen LogP contribution in [0.15, 0.2) is 23.0 Å². The molecular weight excluding hydrogens is 342 g/mol. The summed E-state index contributed by atoms with van der Waals surface area (Å²) >= 11 is 0. The second-order valence-electron chi connectivity index (χ2n) is 7.43. The van der Waals surface area contributed by atoms with E-state index < -0.39 is 0 Å². The van der Waals surface area contributed by atoms with E-state index in [2.05, 4.69) is 16.0 Å². The molecule has 2 heterocycles. The van der Waals surface area contributed by atoms with Gasteiger partial charge in [0.1, 0.15) is 5.82 Å². The van der Waals surface area contributed by atoms with Crippen LogP contribution < -0.4 is 15.0 Å². The molecule has 0 amide bonds. The third kappa shape index (κ3) is 4.00. The van der Waals surface area contributed by atoms with Crippen LogP contribution in [0.5, 0.6) is 11.5 Å². The highest BCUT2D eigenvalue weighted by atomic mass is 16.5. The summed E-state index contributed by atoms with van der Waals surface area (Å²) < 4.78 is 11.3. The standard InChI is InChI=1S/C21H27N3O3/c1-3-27-20-15(5-4-6-18(20)26-2)12-24-10-9-16-17(13-24)22-19(23-21(16)25)11-14-7-8-14/h4-6,14H,3,7-13H2,1-2H3,(H,22,23,25). The Morgan fingerprint density at radius 3 is 2.93 bits per heavy atom. The fourth-order valence-corrected chi connectivity index (χ4v) is 3.77. The lowest BCUT2D eigenvalue weighted by atomic mass is 10.0. The van der Waals surface area contributed by atoms with Crippen LogP contribution in [0, 0.1) is 5.92 Å². The van der Waals surface area contributed by atoms with Crippen LogP contribution in [0.2, 0.25) is 0 Å². The maximum atomic E-state index is 12.4. The van der Waals surface area contributed by atoms with Crippen molar-refractivity contribution in [1.82, 2.24) is 14.9 Å². The zero-order valence-electron chi connectivity index (χ0n) is 16.1. The van der Waals surface area contributed by atoms with Crippen molar-refractivity contribution in [2.24, 2.45) is 5.92 Å². The van der Waals surface area contributed by atoms with Gasteiger partial charge < -0.3 is 14.5 Å². The number of H-pyrrole nitrogens is 1. The quantitative estimate of drug-likeness (QED) is 0.813. The summed E-state index contributed by atoms with van der Waals surface area (Å²) in [7, 11) is 1.66. The normalized spacial score (nSPS) is 16.8. The van der Waals surface area contributed by atoms with E-state index in [-0.39, 0.29) is 5.56 Å². The van der Waals surface area contributed by atoms with Crippen molar-refractivity contribution in [1.29, 1.82) is 0 Å². The average molecular weight is 369 g/mol. The number of ether oxygens (including phenoxy) is 2. The van der Waals surface area contributed by atoms with Gasteiger partial charge in [-0.25, -0.2) is 4.98 Å². The van der Waals surface area contributed by atoms with Crippen molar-refractivity contribution in [3.05, 3.63) is 51.2 Å². The third-order valence-electron chi connectivity index (χ3n) is 5.34. The van der Waals surface area contributed by atoms with Gasteiger partial charge in [0, 0.05) is 37.2 Å². The number of methoxy groups -OCH3 is 1. The number of para-hydroxylation sites is 1. The van der Waals surface area contributed by atoms with Gasteiger partial charge in [-0.15, -0.1) is 0 Å². The number of rotatable bonds is 7. The SMILES string of the molecule is CCOc1c(CN2CCc3c(nc(CC4CC4)[nH]c3=O)C2)cccc1OC. The molecule has 144 valence electrons. The molecule has 1 aliphatic heterocycles. The lowest BCUT2D eigenvalue weighted by Gasteiger charge is -2.28. The first-order valence-electron chi connectivity index (χ1n) is 9.80. The summed E-state index contributed by atoms with van der Waals surface area (Å²) in [6, 6.07) is 5.99. The zero-order valence-corrected chi connectivity index (χ0v) is 16.1. The number of hydrogen-bond donors (Lipinski definition) is 1. The minimum Gasteiger partial charge on any atom is -0.493 e. The van der Waals surface area contributed by atoms with Crippen LogP contribution in [0.25, 0.3) is 0 Å². The van der Waals surface area contributed by atoms with Gasteiger partial charge in [0.25, 0.3) is 5.56 Å². The Kier molecular flexibility index (Phi) is 5.16. The van der Waals surface area contributed by atoms with Crippen LogP contribution in [-0.4, -0.2) is 35.1 Å². The molecule has 2 aromatic rings. The lowest BCUT2D eigenvalue weighted by Crippen LogP contribution is -2.35. The first-order valence-corrected chi connectivity index (χ1v) is 9.80. The Morgan fingerprint density at radius 2 is 2.19 bits per heavy atom. The fraction of sp³-hybridized carbons (Fsp3) is 0.524. The zero-order chi connectivity index (χ0) is 18.8. The molecule has 0 radical (unpaired) electrons. The van der Waals surface area contributed by atoms with Gasteiger partial charge in [-0.05, 0) is 38.2 Å². The van der Waals surface area contributed by atoms with E-state index >= 15 is 0 Å². The summed E-state index contributed by atoms with van der Waals surface area (Å²) in [4.78, 5) is 22.5. The highest BCUT2D eigenvalue weighted by Gasteiger charge is 2.26. The van der Waals surface area contributed by atoms with E-state index in [1.807, 2.05) is 19.1 Å². The van der Waals surface area contributed by atoms with E-state index in [0.717, 1.165) is 60.1 Å². The van der Waals surface area contributed by atoms with Crippen LogP contribution in [0.3, 0.4) is 0 Å². The van der Waals surface area contributed by atoms with Crippen LogP contribution >= 0.6 is 0 Å². The molecule has 0 bridgehead atoms. The second-order valence-corrected chi connectivity index (χ2v) is 7.43. The fourth-order valence-electron chi connectivity index (χ4n) is 3.77. The van der Waals surface area contributed by atoms with Crippen molar-refractivity contribution in [2.75, 3.05) is 20.3 Å². The van der Waals surface area contributed by atoms with Crippen LogP contribution in [0.4, 0.5) is 0 Å². The summed E-state index contributed by atoms with van der Waals surface area (Å²) in [5.41, 5.74) is 2.93. The maximum absolute atomic E-state index is 12.4. The Bertz CT molecular complexity index is 873. The molecule has 1 N–H and O–H groups in total. The molecule has 0 atom stereocenters. The third-order valence-corrected chi connectivity index (χ3v) is 5.34. The molecule has 1 fully saturated rings. The summed E-state index contributed by atoms with van der Waals surface area (Å²) in [6.45, 7) is 4.85. The number of hydrogen-bond acceptors (Lipinski definition) is 5. The number of aromatic amines is 1. The first-order chi connectivity index (χ1) is 13.2. The van der Waals surface area contributed by atoms with Crippen molar-refractivity contribution >= 4 is 0 Å². The van der Waals surface area contributed by atoms with Gasteiger partial charge in [0.15, 0.2) is 11.5 Å². The van der Waals surface area contributed by atoms with Gasteiger partial charge in [0.05, 0.1) is 19.4 Å². The van der Waals surface area contributed by atoms with Gasteiger partial charge in [0.2, 0.25) is 0 Å². The van der Waals surface area contributed by atoms with Gasteiger partial charge in [-0.1, -0.05) is 12.1 Å². The van der Waals surface area contributed by atoms with E-state index in [1.165, 1.54) is 12.8 Å². The van der Waals surface area contributed by atoms with Crippen molar-refractivity contribution in [3.63, 3.8) is 0 Å². The van der Waals surface area contributed by atoms with Gasteiger partial charge in [-0.3, -0.25) is 9.69 Å². The molecule has 4 rings (SSSR count). The molecular formula is C21H27N3O3. The molecule has 6 heteroatoms. The Labute approximate surface area is 159 Å². The Morgan fingerprint density at radius 1 is 1.33 bits per heavy atom. The molecule has 6 nitrogen and oxygen atoms in total. The number of fused-ring (bicyclic) bond motifs is 1. The highest BCUT2D eigenvalue weighted by Crippen LogP contribution is 2.33. The Balaban J connectivity index is 1.54. The van der Waals surface area contributed by atoms with E-state index in [0.29, 0.717) is 19.1 Å².